The highest BCUT2D eigenvalue weighted by molar-refractivity contribution is 4.98. The Labute approximate surface area is 129 Å². The Bertz CT molecular complexity index is 424. The zero-order valence-electron chi connectivity index (χ0n) is 14.4. The third-order valence-corrected chi connectivity index (χ3v) is 5.11. The van der Waals surface area contributed by atoms with Gasteiger partial charge in [0.05, 0.1) is 5.69 Å². The molecular weight excluding hydrogens is 260 g/mol. The molecule has 1 aliphatic carbocycles. The van der Waals surface area contributed by atoms with E-state index in [4.69, 9.17) is 0 Å². The second-order valence-electron chi connectivity index (χ2n) is 7.73. The molecular formula is C17H32N4. The number of rotatable bonds is 5. The summed E-state index contributed by atoms with van der Waals surface area (Å²) in [5.41, 5.74) is 1.57. The van der Waals surface area contributed by atoms with Crippen molar-refractivity contribution in [2.75, 3.05) is 6.54 Å². The van der Waals surface area contributed by atoms with Crippen molar-refractivity contribution in [3.63, 3.8) is 0 Å². The van der Waals surface area contributed by atoms with E-state index < -0.39 is 0 Å². The lowest BCUT2D eigenvalue weighted by Gasteiger charge is -2.39. The van der Waals surface area contributed by atoms with E-state index in [2.05, 4.69) is 43.3 Å². The fourth-order valence-electron chi connectivity index (χ4n) is 3.77. The van der Waals surface area contributed by atoms with Crippen molar-refractivity contribution in [2.24, 2.45) is 24.3 Å². The van der Waals surface area contributed by atoms with Crippen LogP contribution in [-0.4, -0.2) is 27.6 Å². The molecule has 21 heavy (non-hydrogen) atoms. The van der Waals surface area contributed by atoms with Gasteiger partial charge in [0.2, 0.25) is 0 Å². The molecule has 1 aromatic rings. The van der Waals surface area contributed by atoms with E-state index in [0.717, 1.165) is 30.5 Å². The molecule has 1 fully saturated rings. The SMILES string of the molecule is CCNC(Cc1cn(C)nn1)C1CCC(C(C)(C)C)CC1. The largest absolute Gasteiger partial charge is 0.314 e. The summed E-state index contributed by atoms with van der Waals surface area (Å²) in [4.78, 5) is 0. The van der Waals surface area contributed by atoms with Crippen LogP contribution in [0.4, 0.5) is 0 Å². The van der Waals surface area contributed by atoms with E-state index in [1.54, 1.807) is 4.68 Å². The first-order valence-electron chi connectivity index (χ1n) is 8.48. The van der Waals surface area contributed by atoms with E-state index >= 15 is 0 Å². The van der Waals surface area contributed by atoms with Crippen LogP contribution in [-0.2, 0) is 13.5 Å². The molecule has 0 saturated heterocycles. The first kappa shape index (κ1) is 16.5. The van der Waals surface area contributed by atoms with E-state index in [0.29, 0.717) is 11.5 Å². The number of nitrogens with one attached hydrogen (secondary N) is 1. The van der Waals surface area contributed by atoms with E-state index in [1.807, 2.05) is 13.2 Å². The first-order valence-corrected chi connectivity index (χ1v) is 8.48. The average molecular weight is 292 g/mol. The molecule has 120 valence electrons. The Morgan fingerprint density at radius 1 is 1.29 bits per heavy atom. The quantitative estimate of drug-likeness (QED) is 0.906. The van der Waals surface area contributed by atoms with Crippen LogP contribution in [0.2, 0.25) is 0 Å². The smallest absolute Gasteiger partial charge is 0.0842 e. The van der Waals surface area contributed by atoms with Crippen LogP contribution < -0.4 is 5.32 Å². The van der Waals surface area contributed by atoms with Crippen molar-refractivity contribution in [1.29, 1.82) is 0 Å². The lowest BCUT2D eigenvalue weighted by atomic mass is 9.68. The van der Waals surface area contributed by atoms with Crippen LogP contribution in [0, 0.1) is 17.3 Å². The molecule has 1 heterocycles. The van der Waals surface area contributed by atoms with E-state index in [1.165, 1.54) is 25.7 Å². The maximum absolute atomic E-state index is 4.26. The van der Waals surface area contributed by atoms with Crippen molar-refractivity contribution < 1.29 is 0 Å². The maximum atomic E-state index is 4.26. The van der Waals surface area contributed by atoms with Gasteiger partial charge >= 0.3 is 0 Å². The van der Waals surface area contributed by atoms with Gasteiger partial charge in [0.15, 0.2) is 0 Å². The first-order chi connectivity index (χ1) is 9.90. The number of aryl methyl sites for hydroxylation is 1. The highest BCUT2D eigenvalue weighted by Gasteiger charge is 2.32. The van der Waals surface area contributed by atoms with Crippen LogP contribution in [0.25, 0.3) is 0 Å². The summed E-state index contributed by atoms with van der Waals surface area (Å²) in [6.07, 6.45) is 8.49. The number of aromatic nitrogens is 3. The monoisotopic (exact) mass is 292 g/mol. The van der Waals surface area contributed by atoms with Crippen LogP contribution in [0.5, 0.6) is 0 Å². The van der Waals surface area contributed by atoms with Crippen LogP contribution in [0.15, 0.2) is 6.20 Å². The second kappa shape index (κ2) is 6.91. The zero-order chi connectivity index (χ0) is 15.5. The minimum absolute atomic E-state index is 0.462. The zero-order valence-corrected chi connectivity index (χ0v) is 14.4. The minimum Gasteiger partial charge on any atom is -0.314 e. The van der Waals surface area contributed by atoms with Gasteiger partial charge in [-0.2, -0.15) is 0 Å². The molecule has 0 spiro atoms. The van der Waals surface area contributed by atoms with Crippen LogP contribution >= 0.6 is 0 Å². The molecule has 1 aliphatic rings. The molecule has 1 saturated carbocycles. The third kappa shape index (κ3) is 4.53. The molecule has 1 aromatic heterocycles. The summed E-state index contributed by atoms with van der Waals surface area (Å²) in [6, 6.07) is 0.549. The van der Waals surface area contributed by atoms with Crippen molar-refractivity contribution in [2.45, 2.75) is 65.8 Å². The van der Waals surface area contributed by atoms with Gasteiger partial charge in [-0.05, 0) is 49.5 Å². The van der Waals surface area contributed by atoms with Crippen molar-refractivity contribution >= 4 is 0 Å². The summed E-state index contributed by atoms with van der Waals surface area (Å²) >= 11 is 0. The molecule has 4 heteroatoms. The Morgan fingerprint density at radius 3 is 2.43 bits per heavy atom. The highest BCUT2D eigenvalue weighted by Crippen LogP contribution is 2.40. The van der Waals surface area contributed by atoms with E-state index in [9.17, 15) is 0 Å². The highest BCUT2D eigenvalue weighted by atomic mass is 15.4. The summed E-state index contributed by atoms with van der Waals surface area (Å²) in [6.45, 7) is 10.4. The predicted octanol–water partition coefficient (Wildman–Crippen LogP) is 3.19. The van der Waals surface area contributed by atoms with Gasteiger partial charge < -0.3 is 5.32 Å². The predicted molar refractivity (Wildman–Crippen MR) is 87.1 cm³/mol. The Morgan fingerprint density at radius 2 is 1.95 bits per heavy atom. The Balaban J connectivity index is 1.93. The van der Waals surface area contributed by atoms with Gasteiger partial charge in [0.1, 0.15) is 0 Å². The standard InChI is InChI=1S/C17H32N4/c1-6-18-16(11-15-12-21(5)20-19-15)13-7-9-14(10-8-13)17(2,3)4/h12-14,16,18H,6-11H2,1-5H3. The Kier molecular flexibility index (Phi) is 5.42. The average Bonchev–Trinajstić information content (AvgIpc) is 2.83. The minimum atomic E-state index is 0.462. The summed E-state index contributed by atoms with van der Waals surface area (Å²) in [5.74, 6) is 1.66. The molecule has 0 aromatic carbocycles. The summed E-state index contributed by atoms with van der Waals surface area (Å²) in [5, 5.41) is 12.0. The normalized spacial score (nSPS) is 25.0. The number of hydrogen-bond donors (Lipinski definition) is 1. The van der Waals surface area contributed by atoms with E-state index in [-0.39, 0.29) is 0 Å². The fourth-order valence-corrected chi connectivity index (χ4v) is 3.77. The van der Waals surface area contributed by atoms with Gasteiger partial charge in [0.25, 0.3) is 0 Å². The van der Waals surface area contributed by atoms with Gasteiger partial charge in [-0.25, -0.2) is 0 Å². The fraction of sp³-hybridized carbons (Fsp3) is 0.882. The molecule has 0 aliphatic heterocycles. The lowest BCUT2D eigenvalue weighted by Crippen LogP contribution is -2.41. The number of hydrogen-bond acceptors (Lipinski definition) is 3. The van der Waals surface area contributed by atoms with Gasteiger partial charge in [-0.1, -0.05) is 32.9 Å². The molecule has 1 atom stereocenters. The number of likely N-dealkylation sites (N-methyl/N-ethyl adjacent to an activating group) is 1. The summed E-state index contributed by atoms with van der Waals surface area (Å²) in [7, 11) is 1.94. The third-order valence-electron chi connectivity index (χ3n) is 5.11. The van der Waals surface area contributed by atoms with Crippen molar-refractivity contribution in [3.05, 3.63) is 11.9 Å². The molecule has 0 radical (unpaired) electrons. The van der Waals surface area contributed by atoms with Crippen molar-refractivity contribution in [1.82, 2.24) is 20.3 Å². The van der Waals surface area contributed by atoms with Crippen molar-refractivity contribution in [3.8, 4) is 0 Å². The molecule has 1 unspecified atom stereocenters. The maximum Gasteiger partial charge on any atom is 0.0842 e. The molecule has 4 nitrogen and oxygen atoms in total. The molecule has 1 N–H and O–H groups in total. The van der Waals surface area contributed by atoms with Gasteiger partial charge in [-0.15, -0.1) is 5.10 Å². The molecule has 0 bridgehead atoms. The number of nitrogens with zero attached hydrogens (tertiary/aromatic N) is 3. The topological polar surface area (TPSA) is 42.7 Å². The molecule has 0 amide bonds. The summed E-state index contributed by atoms with van der Waals surface area (Å²) < 4.78 is 1.80. The lowest BCUT2D eigenvalue weighted by molar-refractivity contribution is 0.132. The molecule has 2 rings (SSSR count). The van der Waals surface area contributed by atoms with Crippen LogP contribution in [0.1, 0.15) is 59.1 Å². The van der Waals surface area contributed by atoms with Gasteiger partial charge in [-0.3, -0.25) is 4.68 Å². The van der Waals surface area contributed by atoms with Crippen LogP contribution in [0.3, 0.4) is 0 Å². The second-order valence-corrected chi connectivity index (χ2v) is 7.73. The van der Waals surface area contributed by atoms with Gasteiger partial charge in [0, 0.05) is 25.7 Å². The Hall–Kier alpha value is -0.900.